The summed E-state index contributed by atoms with van der Waals surface area (Å²) >= 11 is 0. The average molecular weight is 491 g/mol. The maximum Gasteiger partial charge on any atom is 0.508 e. The van der Waals surface area contributed by atoms with Gasteiger partial charge in [-0.2, -0.15) is 0 Å². The Kier molecular flexibility index (Phi) is 9.27. The van der Waals surface area contributed by atoms with E-state index in [0.29, 0.717) is 37.0 Å². The molecule has 0 saturated heterocycles. The summed E-state index contributed by atoms with van der Waals surface area (Å²) in [6.07, 6.45) is 13.3. The summed E-state index contributed by atoms with van der Waals surface area (Å²) in [6.45, 7) is 9.98. The van der Waals surface area contributed by atoms with E-state index in [1.165, 1.54) is 24.8 Å². The Hall–Kier alpha value is -1.63. The predicted molar refractivity (Wildman–Crippen MR) is 137 cm³/mol. The Labute approximate surface area is 211 Å². The summed E-state index contributed by atoms with van der Waals surface area (Å²) in [5, 5.41) is 30.7. The number of ether oxygens (including phenoxy) is 2. The number of aliphatic hydroxyl groups is 3. The quantitative estimate of drug-likeness (QED) is 0.324. The Bertz CT molecular complexity index is 815. The number of carbonyl (C=O) groups is 1. The van der Waals surface area contributed by atoms with Crippen molar-refractivity contribution in [2.24, 2.45) is 23.2 Å². The zero-order chi connectivity index (χ0) is 25.8. The summed E-state index contributed by atoms with van der Waals surface area (Å²) in [4.78, 5) is 11.7. The van der Waals surface area contributed by atoms with Crippen LogP contribution in [0, 0.1) is 23.2 Å². The molecule has 3 N–H and O–H groups in total. The molecule has 3 rings (SSSR count). The van der Waals surface area contributed by atoms with Crippen LogP contribution in [0.1, 0.15) is 86.0 Å². The fourth-order valence-electron chi connectivity index (χ4n) is 6.74. The second kappa shape index (κ2) is 11.6. The van der Waals surface area contributed by atoms with Crippen LogP contribution in [0.25, 0.3) is 0 Å². The van der Waals surface area contributed by atoms with E-state index in [1.807, 2.05) is 0 Å². The second-order valence-electron chi connectivity index (χ2n) is 11.7. The van der Waals surface area contributed by atoms with Gasteiger partial charge in [-0.3, -0.25) is 0 Å². The molecule has 6 heteroatoms. The smallest absolute Gasteiger partial charge is 0.435 e. The van der Waals surface area contributed by atoms with Crippen molar-refractivity contribution in [3.8, 4) is 0 Å². The summed E-state index contributed by atoms with van der Waals surface area (Å²) in [7, 11) is 0. The first-order valence-electron chi connectivity index (χ1n) is 13.4. The van der Waals surface area contributed by atoms with Crippen molar-refractivity contribution in [1.82, 2.24) is 0 Å². The molecule has 0 heterocycles. The van der Waals surface area contributed by atoms with E-state index in [-0.39, 0.29) is 12.0 Å². The van der Waals surface area contributed by atoms with Crippen molar-refractivity contribution < 1.29 is 29.6 Å². The third kappa shape index (κ3) is 6.78. The Morgan fingerprint density at radius 1 is 1.17 bits per heavy atom. The van der Waals surface area contributed by atoms with Gasteiger partial charge in [0.25, 0.3) is 0 Å². The number of hydrogen-bond donors (Lipinski definition) is 3. The fourth-order valence-corrected chi connectivity index (χ4v) is 6.74. The molecule has 3 fully saturated rings. The molecule has 0 spiro atoms. The van der Waals surface area contributed by atoms with Crippen molar-refractivity contribution in [1.29, 1.82) is 0 Å². The topological polar surface area (TPSA) is 96.2 Å². The van der Waals surface area contributed by atoms with Gasteiger partial charge in [-0.1, -0.05) is 49.3 Å². The van der Waals surface area contributed by atoms with Gasteiger partial charge in [0.2, 0.25) is 0 Å². The van der Waals surface area contributed by atoms with Gasteiger partial charge < -0.3 is 24.8 Å². The number of hydrogen-bond acceptors (Lipinski definition) is 6. The Morgan fingerprint density at radius 2 is 1.86 bits per heavy atom. The first-order chi connectivity index (χ1) is 16.5. The summed E-state index contributed by atoms with van der Waals surface area (Å²) in [5.41, 5.74) is 1.78. The van der Waals surface area contributed by atoms with Gasteiger partial charge in [0.1, 0.15) is 11.7 Å². The minimum Gasteiger partial charge on any atom is -0.435 e. The molecule has 198 valence electrons. The van der Waals surface area contributed by atoms with E-state index in [1.54, 1.807) is 26.8 Å². The highest BCUT2D eigenvalue weighted by molar-refractivity contribution is 5.60. The predicted octanol–water partition coefficient (Wildman–Crippen LogP) is 5.47. The van der Waals surface area contributed by atoms with Crippen LogP contribution < -0.4 is 0 Å². The minimum atomic E-state index is -1.07. The van der Waals surface area contributed by atoms with Crippen molar-refractivity contribution in [3.63, 3.8) is 0 Å². The second-order valence-corrected chi connectivity index (χ2v) is 11.7. The van der Waals surface area contributed by atoms with Crippen LogP contribution in [0.3, 0.4) is 0 Å². The largest absolute Gasteiger partial charge is 0.508 e. The number of allylic oxidation sites excluding steroid dienone is 4. The number of aliphatic hydroxyl groups excluding tert-OH is 3. The molecule has 7 atom stereocenters. The van der Waals surface area contributed by atoms with Gasteiger partial charge in [-0.25, -0.2) is 4.79 Å². The lowest BCUT2D eigenvalue weighted by atomic mass is 9.61. The van der Waals surface area contributed by atoms with Gasteiger partial charge >= 0.3 is 6.16 Å². The van der Waals surface area contributed by atoms with Gasteiger partial charge in [-0.05, 0) is 95.3 Å². The third-order valence-electron chi connectivity index (χ3n) is 8.66. The van der Waals surface area contributed by atoms with Crippen molar-refractivity contribution in [2.75, 3.05) is 6.61 Å². The molecule has 0 amide bonds. The van der Waals surface area contributed by atoms with Gasteiger partial charge in [0.05, 0.1) is 18.8 Å². The molecule has 0 aromatic heterocycles. The normalized spacial score (nSPS) is 34.5. The van der Waals surface area contributed by atoms with Crippen molar-refractivity contribution >= 4 is 6.16 Å². The molecule has 3 aliphatic carbocycles. The van der Waals surface area contributed by atoms with Gasteiger partial charge in [0, 0.05) is 0 Å². The van der Waals surface area contributed by atoms with Crippen LogP contribution in [0.2, 0.25) is 0 Å². The molecular formula is C29H46O6. The van der Waals surface area contributed by atoms with E-state index < -0.39 is 30.1 Å². The molecule has 3 aliphatic rings. The third-order valence-corrected chi connectivity index (χ3v) is 8.66. The first-order valence-corrected chi connectivity index (χ1v) is 13.4. The van der Waals surface area contributed by atoms with E-state index in [2.05, 4.69) is 32.1 Å². The van der Waals surface area contributed by atoms with Gasteiger partial charge in [-0.15, -0.1) is 0 Å². The summed E-state index contributed by atoms with van der Waals surface area (Å²) in [6, 6.07) is 0. The lowest BCUT2D eigenvalue weighted by molar-refractivity contribution is -0.0658. The number of carbonyl (C=O) groups excluding carboxylic acids is 1. The molecule has 0 aromatic carbocycles. The van der Waals surface area contributed by atoms with E-state index in [0.717, 1.165) is 18.4 Å². The van der Waals surface area contributed by atoms with Crippen LogP contribution in [-0.4, -0.2) is 52.0 Å². The average Bonchev–Trinajstić information content (AvgIpc) is 3.12. The molecule has 3 saturated carbocycles. The lowest BCUT2D eigenvalue weighted by Crippen LogP contribution is -2.40. The molecule has 0 radical (unpaired) electrons. The van der Waals surface area contributed by atoms with E-state index >= 15 is 0 Å². The van der Waals surface area contributed by atoms with Crippen LogP contribution >= 0.6 is 0 Å². The molecule has 6 nitrogen and oxygen atoms in total. The van der Waals surface area contributed by atoms with Crippen LogP contribution in [0.4, 0.5) is 4.79 Å². The lowest BCUT2D eigenvalue weighted by Gasteiger charge is -2.44. The maximum absolute atomic E-state index is 11.7. The Morgan fingerprint density at radius 3 is 2.51 bits per heavy atom. The maximum atomic E-state index is 11.7. The highest BCUT2D eigenvalue weighted by Gasteiger charge is 2.50. The molecule has 0 aliphatic heterocycles. The Balaban J connectivity index is 1.67. The number of rotatable bonds is 7. The summed E-state index contributed by atoms with van der Waals surface area (Å²) < 4.78 is 10.2. The molecule has 0 bridgehead atoms. The monoisotopic (exact) mass is 490 g/mol. The molecule has 0 unspecified atom stereocenters. The standard InChI is InChI=1S/C29H46O6/c1-6-34-27(33)35-28(3,4)26(32)14-9-19(2)24-12-13-25-21(8-7-15-29(24,25)5)11-10-20-16-22(30)18-23(31)17-20/h9-11,14,19,22-26,30-32H,6-8,12-13,15-18H2,1-5H3/b14-9+,21-11+/t19-,22-,23-,24-,25+,26+,29-/m1/s1. The fraction of sp³-hybridized carbons (Fsp3) is 0.759. The van der Waals surface area contributed by atoms with Crippen molar-refractivity contribution in [2.45, 2.75) is 110 Å². The minimum absolute atomic E-state index is 0.208. The first kappa shape index (κ1) is 27.9. The SMILES string of the molecule is CCOC(=O)OC(C)(C)[C@@H](O)/C=C/[C@@H](C)[C@H]1CC[C@H]2/C(=C/C=C3C[C@@H](O)C[C@H](O)C3)CCC[C@]12C. The summed E-state index contributed by atoms with van der Waals surface area (Å²) in [5.74, 6) is 1.35. The van der Waals surface area contributed by atoms with Crippen LogP contribution in [-0.2, 0) is 9.47 Å². The highest BCUT2D eigenvalue weighted by atomic mass is 16.7. The number of fused-ring (bicyclic) bond motifs is 1. The van der Waals surface area contributed by atoms with Crippen molar-refractivity contribution in [3.05, 3.63) is 35.5 Å². The molecule has 35 heavy (non-hydrogen) atoms. The van der Waals surface area contributed by atoms with Crippen LogP contribution in [0.5, 0.6) is 0 Å². The molecule has 0 aromatic rings. The van der Waals surface area contributed by atoms with Gasteiger partial charge in [0.15, 0.2) is 0 Å². The zero-order valence-electron chi connectivity index (χ0n) is 22.2. The van der Waals surface area contributed by atoms with E-state index in [4.69, 9.17) is 9.47 Å². The van der Waals surface area contributed by atoms with Crippen LogP contribution in [0.15, 0.2) is 35.5 Å². The molecular weight excluding hydrogens is 444 g/mol. The zero-order valence-corrected chi connectivity index (χ0v) is 22.2. The van der Waals surface area contributed by atoms with E-state index in [9.17, 15) is 20.1 Å². The highest BCUT2D eigenvalue weighted by Crippen LogP contribution is 2.59.